The molecule has 0 saturated heterocycles. The number of nitrogens with one attached hydrogen (secondary N) is 2. The highest BCUT2D eigenvalue weighted by Crippen LogP contribution is 2.32. The molecule has 2 heterocycles. The molecule has 0 saturated carbocycles. The molecule has 4 aliphatic rings. The first kappa shape index (κ1) is 68.4. The first-order valence-electron chi connectivity index (χ1n) is 26.3. The molecule has 7 N–H and O–H groups in total. The Morgan fingerprint density at radius 1 is 0.593 bits per heavy atom. The van der Waals surface area contributed by atoms with E-state index in [-0.39, 0.29) is 63.6 Å². The lowest BCUT2D eigenvalue weighted by atomic mass is 9.84. The van der Waals surface area contributed by atoms with Crippen LogP contribution >= 0.6 is 0 Å². The number of hydrogen-bond donors (Lipinski definition) is 5. The van der Waals surface area contributed by atoms with E-state index in [0.29, 0.717) is 24.0 Å². The summed E-state index contributed by atoms with van der Waals surface area (Å²) in [5.74, 6) is -4.43. The third-order valence-corrected chi connectivity index (χ3v) is 14.2. The highest BCUT2D eigenvalue weighted by Gasteiger charge is 2.38. The lowest BCUT2D eigenvalue weighted by molar-refractivity contribution is -0.121. The van der Waals surface area contributed by atoms with E-state index in [0.717, 1.165) is 12.2 Å². The Labute approximate surface area is 474 Å². The Morgan fingerprint density at radius 3 is 1.53 bits per heavy atom. The van der Waals surface area contributed by atoms with Gasteiger partial charge in [0.2, 0.25) is 17.3 Å². The predicted molar refractivity (Wildman–Crippen MR) is 298 cm³/mol. The van der Waals surface area contributed by atoms with Crippen LogP contribution in [0, 0.1) is 23.7 Å². The molecule has 0 spiro atoms. The molecular formula is C59H82N4O18. The molecule has 4 bridgehead atoms. The Kier molecular flexibility index (Phi) is 27.4. The highest BCUT2D eigenvalue weighted by molar-refractivity contribution is 6.23. The van der Waals surface area contributed by atoms with Gasteiger partial charge >= 0.3 is 12.2 Å². The number of rotatable bonds is 9. The summed E-state index contributed by atoms with van der Waals surface area (Å²) < 4.78 is 50.1. The molecule has 22 heteroatoms. The number of aliphatic hydroxyl groups excluding tert-OH is 1. The van der Waals surface area contributed by atoms with E-state index in [1.54, 1.807) is 72.3 Å². The summed E-state index contributed by atoms with van der Waals surface area (Å²) in [5, 5.41) is 16.2. The largest absolute Gasteiger partial charge is 0.492 e. The highest BCUT2D eigenvalue weighted by atomic mass is 16.6. The summed E-state index contributed by atoms with van der Waals surface area (Å²) >= 11 is 0. The zero-order chi connectivity index (χ0) is 61.0. The SMILES string of the molecule is COC1=C2C[C@@H](C)C[C@H](OC)[C@H](O)[C@@H](C)/C=C(\C)[C@H](OC(N)=O)[C@@H](OC)/C=C\C=C(/C)C(=O)NC(=CC1=O)C2=O.CO[C@H]1[C@@H](OC)C[C@H](C)[C@@H](OC)C2=CC(=O)C=C(NC(=O)/C(C)=C/C=C\[C@H](OC)[C@@H](OC(N)=O)/C(C)=C/[C@@H]1C)C2=O. The van der Waals surface area contributed by atoms with Crippen LogP contribution in [0.4, 0.5) is 9.59 Å². The number of fused-ring (bicyclic) bond motifs is 4. The number of carbonyl (C=O) groups excluding carboxylic acids is 8. The van der Waals surface area contributed by atoms with Crippen molar-refractivity contribution in [3.05, 3.63) is 117 Å². The van der Waals surface area contributed by atoms with E-state index in [1.165, 1.54) is 60.7 Å². The van der Waals surface area contributed by atoms with Crippen LogP contribution in [0.2, 0.25) is 0 Å². The van der Waals surface area contributed by atoms with Crippen LogP contribution in [-0.2, 0) is 71.4 Å². The number of methoxy groups -OCH3 is 7. The predicted octanol–water partition coefficient (Wildman–Crippen LogP) is 5.12. The van der Waals surface area contributed by atoms with Gasteiger partial charge < -0.3 is 69.8 Å². The number of primary amides is 2. The maximum Gasteiger partial charge on any atom is 0.405 e. The van der Waals surface area contributed by atoms with Gasteiger partial charge in [-0.15, -0.1) is 0 Å². The lowest BCUT2D eigenvalue weighted by Gasteiger charge is -2.34. The van der Waals surface area contributed by atoms with Gasteiger partial charge in [0.05, 0.1) is 49.0 Å². The zero-order valence-electron chi connectivity index (χ0n) is 49.0. The number of Topliss-reactive ketones (excluding diaryl/α,β-unsaturated/α-hetero) is 2. The van der Waals surface area contributed by atoms with Crippen molar-refractivity contribution in [2.24, 2.45) is 35.1 Å². The molecule has 22 nitrogen and oxygen atoms in total. The fraction of sp³-hybridized carbons (Fsp3) is 0.525. The minimum atomic E-state index is -1.00. The van der Waals surface area contributed by atoms with Crippen molar-refractivity contribution >= 4 is 47.1 Å². The summed E-state index contributed by atoms with van der Waals surface area (Å²) in [5.41, 5.74) is 12.4. The fourth-order valence-corrected chi connectivity index (χ4v) is 9.99. The second-order valence-electron chi connectivity index (χ2n) is 20.3. The standard InChI is InChI=1S/C30H42N2O9.C29H40N2O9/c1-16-10-9-11-23(37-5)28(41-30(31)36)18(3)12-17(2)27(40-8)24(38-6)13-19(4)26(39-7)21-14-20(33)15-22(25(21)34)32-29(16)35;1-15-11-19-25(34)20(14-21(32)27(19)39-7)31-28(35)16(2)9-8-10-22(37-5)26(40-29(30)36)18(4)13-17(3)24(33)23(12-15)38-6/h9-12,14-15,17,19,23-24,26-28H,13H2,1-8H3,(H2,31,36)(H,32,35);8-10,13-15,17,22-24,26,33H,11-12H2,1-7H3,(H2,30,36)(H,31,35)/b11-9-,16-10+,18-12+;10-8-,16-9+,18-13+/t17-,19-,23-,24-,26+,27+,28-;15-,17+,22+,23+,24-,26+/m01/s1. The van der Waals surface area contributed by atoms with E-state index in [2.05, 4.69) is 10.6 Å². The van der Waals surface area contributed by atoms with E-state index in [1.807, 2.05) is 26.8 Å². The van der Waals surface area contributed by atoms with Gasteiger partial charge in [0.25, 0.3) is 11.8 Å². The normalized spacial score (nSPS) is 33.3. The molecule has 0 aromatic rings. The van der Waals surface area contributed by atoms with Gasteiger partial charge in [-0.2, -0.15) is 0 Å². The number of nitrogens with two attached hydrogens (primary N) is 2. The Balaban J connectivity index is 0.000000425. The number of hydrogen-bond acceptors (Lipinski definition) is 18. The van der Waals surface area contributed by atoms with Gasteiger partial charge in [0, 0.05) is 88.9 Å². The molecule has 2 aliphatic heterocycles. The van der Waals surface area contributed by atoms with Crippen molar-refractivity contribution in [3.63, 3.8) is 0 Å². The third kappa shape index (κ3) is 19.1. The summed E-state index contributed by atoms with van der Waals surface area (Å²) in [6.07, 6.45) is 8.72. The van der Waals surface area contributed by atoms with Crippen molar-refractivity contribution in [2.45, 2.75) is 130 Å². The smallest absolute Gasteiger partial charge is 0.405 e. The summed E-state index contributed by atoms with van der Waals surface area (Å²) in [7, 11) is 10.3. The van der Waals surface area contributed by atoms with E-state index in [9.17, 15) is 43.5 Å². The summed E-state index contributed by atoms with van der Waals surface area (Å²) in [4.78, 5) is 101. The minimum Gasteiger partial charge on any atom is -0.492 e. The van der Waals surface area contributed by atoms with Gasteiger partial charge in [0.15, 0.2) is 23.8 Å². The molecule has 0 aromatic heterocycles. The lowest BCUT2D eigenvalue weighted by Crippen LogP contribution is -2.41. The average Bonchev–Trinajstić information content (AvgIpc) is 3.41. The maximum atomic E-state index is 13.4. The molecule has 2 aliphatic carbocycles. The van der Waals surface area contributed by atoms with Crippen molar-refractivity contribution in [1.29, 1.82) is 0 Å². The van der Waals surface area contributed by atoms with E-state index in [4.69, 9.17) is 54.1 Å². The topological polar surface area (TPSA) is 316 Å². The number of ketones is 4. The second-order valence-corrected chi connectivity index (χ2v) is 20.3. The first-order valence-corrected chi connectivity index (χ1v) is 26.3. The molecule has 0 fully saturated rings. The molecule has 0 unspecified atom stereocenters. The number of ether oxygens (including phenoxy) is 9. The molecule has 0 aromatic carbocycles. The molecule has 4 rings (SSSR count). The molecule has 0 radical (unpaired) electrons. The van der Waals surface area contributed by atoms with Crippen molar-refractivity contribution in [2.75, 3.05) is 49.8 Å². The van der Waals surface area contributed by atoms with Crippen LogP contribution in [0.15, 0.2) is 117 Å². The molecule has 4 amide bonds. The van der Waals surface area contributed by atoms with Crippen LogP contribution in [0.25, 0.3) is 0 Å². The number of amides is 4. The van der Waals surface area contributed by atoms with Crippen LogP contribution in [0.5, 0.6) is 0 Å². The van der Waals surface area contributed by atoms with Gasteiger partial charge in [0.1, 0.15) is 12.2 Å². The Morgan fingerprint density at radius 2 is 1.09 bits per heavy atom. The van der Waals surface area contributed by atoms with Crippen LogP contribution < -0.4 is 22.1 Å². The zero-order valence-corrected chi connectivity index (χ0v) is 49.0. The molecule has 446 valence electrons. The monoisotopic (exact) mass is 1130 g/mol. The van der Waals surface area contributed by atoms with Crippen molar-refractivity contribution < 1.29 is 86.1 Å². The number of aliphatic hydroxyl groups is 1. The van der Waals surface area contributed by atoms with Crippen LogP contribution in [-0.4, -0.2) is 157 Å². The molecule has 81 heavy (non-hydrogen) atoms. The molecule has 13 atom stereocenters. The number of carbonyl (C=O) groups is 8. The van der Waals surface area contributed by atoms with Gasteiger partial charge in [-0.1, -0.05) is 76.3 Å². The third-order valence-electron chi connectivity index (χ3n) is 14.2. The van der Waals surface area contributed by atoms with E-state index < -0.39 is 108 Å². The van der Waals surface area contributed by atoms with Crippen molar-refractivity contribution in [1.82, 2.24) is 10.6 Å². The summed E-state index contributed by atoms with van der Waals surface area (Å²) in [6, 6.07) is 0. The van der Waals surface area contributed by atoms with Crippen LogP contribution in [0.1, 0.15) is 74.7 Å². The van der Waals surface area contributed by atoms with Crippen LogP contribution in [0.3, 0.4) is 0 Å². The Hall–Kier alpha value is -6.92. The molecular weight excluding hydrogens is 1050 g/mol. The fourth-order valence-electron chi connectivity index (χ4n) is 9.99. The Bertz CT molecular complexity index is 2650. The van der Waals surface area contributed by atoms with Gasteiger partial charge in [-0.25, -0.2) is 9.59 Å². The number of allylic oxidation sites excluding steroid dienone is 9. The van der Waals surface area contributed by atoms with Gasteiger partial charge in [-0.3, -0.25) is 28.8 Å². The first-order chi connectivity index (χ1) is 38.2. The minimum absolute atomic E-state index is 0.0801. The van der Waals surface area contributed by atoms with Gasteiger partial charge in [-0.05, 0) is 76.0 Å². The van der Waals surface area contributed by atoms with Crippen molar-refractivity contribution in [3.8, 4) is 0 Å². The van der Waals surface area contributed by atoms with E-state index >= 15 is 0 Å². The quantitative estimate of drug-likeness (QED) is 0.148. The second kappa shape index (κ2) is 32.5. The average molecular weight is 1140 g/mol. The summed E-state index contributed by atoms with van der Waals surface area (Å²) in [6.45, 7) is 14.1. The maximum absolute atomic E-state index is 13.4.